The molecule has 0 radical (unpaired) electrons. The summed E-state index contributed by atoms with van der Waals surface area (Å²) in [7, 11) is 0. The van der Waals surface area contributed by atoms with E-state index in [0.717, 1.165) is 43.1 Å². The molecule has 3 aromatic carbocycles. The van der Waals surface area contributed by atoms with Crippen molar-refractivity contribution in [2.24, 2.45) is 0 Å². The lowest BCUT2D eigenvalue weighted by Crippen LogP contribution is -2.37. The van der Waals surface area contributed by atoms with Gasteiger partial charge in [-0.2, -0.15) is 0 Å². The number of hydrogen-bond acceptors (Lipinski definition) is 3. The summed E-state index contributed by atoms with van der Waals surface area (Å²) >= 11 is 0. The number of nitrogens with zero attached hydrogens (tertiary/aromatic N) is 1. The summed E-state index contributed by atoms with van der Waals surface area (Å²) in [6.45, 7) is 2.17. The van der Waals surface area contributed by atoms with E-state index in [1.165, 1.54) is 6.07 Å². The first-order valence-electron chi connectivity index (χ1n) is 10.6. The Morgan fingerprint density at radius 1 is 0.968 bits per heavy atom. The van der Waals surface area contributed by atoms with Crippen molar-refractivity contribution in [2.45, 2.75) is 31.6 Å². The van der Waals surface area contributed by atoms with E-state index in [2.05, 4.69) is 29.2 Å². The molecule has 31 heavy (non-hydrogen) atoms. The molecule has 0 aromatic heterocycles. The highest BCUT2D eigenvalue weighted by Crippen LogP contribution is 2.30. The lowest BCUT2D eigenvalue weighted by Gasteiger charge is -2.34. The van der Waals surface area contributed by atoms with Gasteiger partial charge in [-0.1, -0.05) is 60.7 Å². The minimum atomic E-state index is -1.11. The Kier molecular flexibility index (Phi) is 6.75. The monoisotopic (exact) mass is 419 g/mol. The van der Waals surface area contributed by atoms with Crippen LogP contribution in [-0.4, -0.2) is 35.2 Å². The van der Waals surface area contributed by atoms with E-state index in [-0.39, 0.29) is 17.8 Å². The molecule has 1 N–H and O–H groups in total. The van der Waals surface area contributed by atoms with Gasteiger partial charge in [0.05, 0.1) is 11.7 Å². The molecule has 3 aromatic rings. The van der Waals surface area contributed by atoms with E-state index >= 15 is 0 Å². The van der Waals surface area contributed by atoms with Crippen molar-refractivity contribution in [1.82, 2.24) is 4.90 Å². The first-order valence-corrected chi connectivity index (χ1v) is 10.6. The van der Waals surface area contributed by atoms with E-state index in [0.29, 0.717) is 12.1 Å². The minimum Gasteiger partial charge on any atom is -0.478 e. The summed E-state index contributed by atoms with van der Waals surface area (Å²) in [5.74, 6) is -1.62. The molecule has 1 aliphatic rings. The summed E-state index contributed by atoms with van der Waals surface area (Å²) in [6, 6.07) is 24.5. The van der Waals surface area contributed by atoms with Gasteiger partial charge in [0.1, 0.15) is 11.9 Å². The highest BCUT2D eigenvalue weighted by Gasteiger charge is 2.25. The zero-order valence-corrected chi connectivity index (χ0v) is 17.3. The average Bonchev–Trinajstić information content (AvgIpc) is 2.79. The third kappa shape index (κ3) is 5.57. The van der Waals surface area contributed by atoms with E-state index in [4.69, 9.17) is 9.84 Å². The predicted octanol–water partition coefficient (Wildman–Crippen LogP) is 5.29. The standard InChI is InChI=1S/C26H26FNO3/c27-23-16-19(15-22(17-23)26(29)30)18-28-13-11-24(12-14-28)31-25(20-7-3-1-4-8-20)21-9-5-2-6-10-21/h1-10,15-17,24-25H,11-14,18H2,(H,29,30). The molecule has 4 nitrogen and oxygen atoms in total. The highest BCUT2D eigenvalue weighted by atomic mass is 19.1. The second kappa shape index (κ2) is 9.86. The van der Waals surface area contributed by atoms with E-state index in [1.807, 2.05) is 36.4 Å². The molecular weight excluding hydrogens is 393 g/mol. The van der Waals surface area contributed by atoms with Crippen molar-refractivity contribution in [3.05, 3.63) is 107 Å². The molecule has 1 aliphatic heterocycles. The molecule has 1 saturated heterocycles. The summed E-state index contributed by atoms with van der Waals surface area (Å²) in [5.41, 5.74) is 2.94. The van der Waals surface area contributed by atoms with Crippen LogP contribution in [0.1, 0.15) is 46.0 Å². The van der Waals surface area contributed by atoms with Gasteiger partial charge in [0, 0.05) is 19.6 Å². The fourth-order valence-corrected chi connectivity index (χ4v) is 4.12. The van der Waals surface area contributed by atoms with Crippen molar-refractivity contribution in [3.63, 3.8) is 0 Å². The summed E-state index contributed by atoms with van der Waals surface area (Å²) in [4.78, 5) is 13.4. The number of benzene rings is 3. The smallest absolute Gasteiger partial charge is 0.335 e. The minimum absolute atomic E-state index is 0.0122. The largest absolute Gasteiger partial charge is 0.478 e. The Hall–Kier alpha value is -3.02. The van der Waals surface area contributed by atoms with E-state index < -0.39 is 11.8 Å². The maximum atomic E-state index is 13.8. The van der Waals surface area contributed by atoms with Crippen LogP contribution in [-0.2, 0) is 11.3 Å². The Morgan fingerprint density at radius 2 is 1.55 bits per heavy atom. The second-order valence-corrected chi connectivity index (χ2v) is 7.97. The molecule has 1 fully saturated rings. The topological polar surface area (TPSA) is 49.8 Å². The molecule has 5 heteroatoms. The van der Waals surface area contributed by atoms with Gasteiger partial charge >= 0.3 is 5.97 Å². The molecule has 0 saturated carbocycles. The highest BCUT2D eigenvalue weighted by molar-refractivity contribution is 5.87. The quantitative estimate of drug-likeness (QED) is 0.565. The first-order chi connectivity index (χ1) is 15.1. The van der Waals surface area contributed by atoms with Crippen molar-refractivity contribution in [3.8, 4) is 0 Å². The zero-order valence-electron chi connectivity index (χ0n) is 17.3. The normalized spacial score (nSPS) is 15.3. The lowest BCUT2D eigenvalue weighted by molar-refractivity contribution is -0.0281. The zero-order chi connectivity index (χ0) is 21.6. The number of rotatable bonds is 7. The van der Waals surface area contributed by atoms with Gasteiger partial charge in [0.25, 0.3) is 0 Å². The molecule has 1 heterocycles. The van der Waals surface area contributed by atoms with Crippen molar-refractivity contribution >= 4 is 5.97 Å². The Morgan fingerprint density at radius 3 is 2.10 bits per heavy atom. The van der Waals surface area contributed by atoms with Gasteiger partial charge < -0.3 is 9.84 Å². The van der Waals surface area contributed by atoms with Crippen LogP contribution in [0.5, 0.6) is 0 Å². The van der Waals surface area contributed by atoms with Gasteiger partial charge in [-0.25, -0.2) is 9.18 Å². The van der Waals surface area contributed by atoms with Gasteiger partial charge in [-0.3, -0.25) is 4.90 Å². The second-order valence-electron chi connectivity index (χ2n) is 7.97. The molecule has 0 bridgehead atoms. The first kappa shape index (κ1) is 21.2. The molecule has 0 amide bonds. The lowest BCUT2D eigenvalue weighted by atomic mass is 10.00. The van der Waals surface area contributed by atoms with E-state index in [1.54, 1.807) is 6.07 Å². The fraction of sp³-hybridized carbons (Fsp3) is 0.269. The average molecular weight is 419 g/mol. The number of aromatic carboxylic acids is 1. The molecule has 0 unspecified atom stereocenters. The van der Waals surface area contributed by atoms with E-state index in [9.17, 15) is 9.18 Å². The molecule has 160 valence electrons. The SMILES string of the molecule is O=C(O)c1cc(F)cc(CN2CCC(OC(c3ccccc3)c3ccccc3)CC2)c1. The van der Waals surface area contributed by atoms with Crippen molar-refractivity contribution in [2.75, 3.05) is 13.1 Å². The molecule has 0 atom stereocenters. The van der Waals surface area contributed by atoms with Crippen LogP contribution in [0.15, 0.2) is 78.9 Å². The van der Waals surface area contributed by atoms with Crippen molar-refractivity contribution < 1.29 is 19.0 Å². The number of carboxylic acid groups (broad SMARTS) is 1. The van der Waals surface area contributed by atoms with Crippen LogP contribution in [0.4, 0.5) is 4.39 Å². The Labute approximate surface area is 181 Å². The summed E-state index contributed by atoms with van der Waals surface area (Å²) < 4.78 is 20.3. The number of carbonyl (C=O) groups is 1. The number of piperidine rings is 1. The number of likely N-dealkylation sites (tertiary alicyclic amines) is 1. The Bertz CT molecular complexity index is 962. The number of halogens is 1. The van der Waals surface area contributed by atoms with Gasteiger partial charge in [-0.05, 0) is 47.7 Å². The molecule has 0 spiro atoms. The fourth-order valence-electron chi connectivity index (χ4n) is 4.12. The van der Waals surface area contributed by atoms with Crippen LogP contribution in [0.3, 0.4) is 0 Å². The molecular formula is C26H26FNO3. The maximum absolute atomic E-state index is 13.8. The summed E-state index contributed by atoms with van der Waals surface area (Å²) in [5, 5.41) is 9.15. The maximum Gasteiger partial charge on any atom is 0.335 e. The van der Waals surface area contributed by atoms with Gasteiger partial charge in [0.15, 0.2) is 0 Å². The van der Waals surface area contributed by atoms with Crippen LogP contribution in [0, 0.1) is 5.82 Å². The third-order valence-corrected chi connectivity index (χ3v) is 5.68. The van der Waals surface area contributed by atoms with Crippen LogP contribution >= 0.6 is 0 Å². The van der Waals surface area contributed by atoms with Crippen LogP contribution in [0.25, 0.3) is 0 Å². The van der Waals surface area contributed by atoms with Gasteiger partial charge in [0.2, 0.25) is 0 Å². The Balaban J connectivity index is 1.39. The number of ether oxygens (including phenoxy) is 1. The number of hydrogen-bond donors (Lipinski definition) is 1. The summed E-state index contributed by atoms with van der Waals surface area (Å²) in [6.07, 6.45) is 1.76. The van der Waals surface area contributed by atoms with Crippen molar-refractivity contribution in [1.29, 1.82) is 0 Å². The van der Waals surface area contributed by atoms with Gasteiger partial charge in [-0.15, -0.1) is 0 Å². The third-order valence-electron chi connectivity index (χ3n) is 5.68. The molecule has 4 rings (SSSR count). The number of carboxylic acids is 1. The van der Waals surface area contributed by atoms with Crippen LogP contribution < -0.4 is 0 Å². The molecule has 0 aliphatic carbocycles. The predicted molar refractivity (Wildman–Crippen MR) is 117 cm³/mol. The van der Waals surface area contributed by atoms with Crippen LogP contribution in [0.2, 0.25) is 0 Å².